The maximum atomic E-state index is 12.3. The fourth-order valence-corrected chi connectivity index (χ4v) is 5.30. The highest BCUT2D eigenvalue weighted by molar-refractivity contribution is 5.82. The molecule has 5 heteroatoms. The maximum Gasteiger partial charge on any atom is 0.336 e. The van der Waals surface area contributed by atoms with Gasteiger partial charge in [-0.1, -0.05) is 6.07 Å². The molecule has 3 aliphatic rings. The molecule has 1 aromatic heterocycles. The quantitative estimate of drug-likeness (QED) is 0.607. The summed E-state index contributed by atoms with van der Waals surface area (Å²) >= 11 is 0. The molecule has 5 nitrogen and oxygen atoms in total. The first-order chi connectivity index (χ1) is 14.7. The summed E-state index contributed by atoms with van der Waals surface area (Å²) < 4.78 is 17.0. The molecule has 3 aromatic rings. The lowest BCUT2D eigenvalue weighted by atomic mass is 10.0. The Bertz CT molecular complexity index is 1180. The molecule has 30 heavy (non-hydrogen) atoms. The highest BCUT2D eigenvalue weighted by atomic mass is 16.6. The first-order valence-corrected chi connectivity index (χ1v) is 11.0. The number of fused-ring (bicyclic) bond motifs is 3. The average molecular weight is 403 g/mol. The number of rotatable bonds is 3. The molecule has 2 aromatic carbocycles. The van der Waals surface area contributed by atoms with Crippen LogP contribution in [0.25, 0.3) is 11.0 Å². The second-order valence-corrected chi connectivity index (χ2v) is 8.59. The zero-order chi connectivity index (χ0) is 20.1. The minimum Gasteiger partial charge on any atom is -0.486 e. The number of aryl methyl sites for hydroxylation is 2. The van der Waals surface area contributed by atoms with E-state index in [2.05, 4.69) is 29.2 Å². The molecule has 0 N–H and O–H groups in total. The molecule has 6 rings (SSSR count). The Kier molecular flexibility index (Phi) is 4.30. The number of likely N-dealkylation sites (tertiary alicyclic amines) is 1. The second kappa shape index (κ2) is 7.17. The summed E-state index contributed by atoms with van der Waals surface area (Å²) in [4.78, 5) is 14.8. The summed E-state index contributed by atoms with van der Waals surface area (Å²) in [6.45, 7) is 2.97. The van der Waals surface area contributed by atoms with Gasteiger partial charge in [0.15, 0.2) is 11.5 Å². The number of hydrogen-bond donors (Lipinski definition) is 0. The monoisotopic (exact) mass is 403 g/mol. The molecule has 1 fully saturated rings. The van der Waals surface area contributed by atoms with Crippen LogP contribution in [0.5, 0.6) is 11.5 Å². The van der Waals surface area contributed by atoms with Crippen molar-refractivity contribution >= 4 is 11.0 Å². The SMILES string of the molecule is O=c1cc(CN2CCCC2c2ccc3c(c2)OCCO3)c2cc3c(cc2o1)CCC3. The van der Waals surface area contributed by atoms with Gasteiger partial charge in [-0.25, -0.2) is 4.79 Å². The van der Waals surface area contributed by atoms with Crippen molar-refractivity contribution in [3.05, 3.63) is 69.1 Å². The molecule has 0 amide bonds. The minimum atomic E-state index is -0.259. The van der Waals surface area contributed by atoms with E-state index in [0.29, 0.717) is 19.3 Å². The van der Waals surface area contributed by atoms with Gasteiger partial charge >= 0.3 is 5.63 Å². The van der Waals surface area contributed by atoms with Crippen molar-refractivity contribution in [2.45, 2.75) is 44.7 Å². The third-order valence-corrected chi connectivity index (χ3v) is 6.73. The summed E-state index contributed by atoms with van der Waals surface area (Å²) in [7, 11) is 0. The molecule has 1 unspecified atom stereocenters. The van der Waals surface area contributed by atoms with E-state index >= 15 is 0 Å². The smallest absolute Gasteiger partial charge is 0.336 e. The van der Waals surface area contributed by atoms with Crippen LogP contribution in [0.2, 0.25) is 0 Å². The Hall–Kier alpha value is -2.79. The molecule has 1 aliphatic carbocycles. The zero-order valence-electron chi connectivity index (χ0n) is 17.0. The van der Waals surface area contributed by atoms with Gasteiger partial charge in [-0.2, -0.15) is 0 Å². The Morgan fingerprint density at radius 2 is 1.77 bits per heavy atom. The van der Waals surface area contributed by atoms with Crippen LogP contribution in [0, 0.1) is 0 Å². The molecule has 0 saturated carbocycles. The normalized spacial score (nSPS) is 20.6. The van der Waals surface area contributed by atoms with Gasteiger partial charge in [0, 0.05) is 24.0 Å². The predicted molar refractivity (Wildman–Crippen MR) is 114 cm³/mol. The fraction of sp³-hybridized carbons (Fsp3) is 0.400. The van der Waals surface area contributed by atoms with E-state index < -0.39 is 0 Å². The standard InChI is InChI=1S/C25H25NO4/c27-25-14-19(20-11-16-3-1-4-17(16)12-23(20)30-25)15-26-8-2-5-21(26)18-6-7-22-24(13-18)29-10-9-28-22/h6-7,11-14,21H,1-5,8-10,15H2. The van der Waals surface area contributed by atoms with E-state index in [0.717, 1.165) is 66.8 Å². The van der Waals surface area contributed by atoms with E-state index in [1.807, 2.05) is 6.07 Å². The Morgan fingerprint density at radius 3 is 2.67 bits per heavy atom. The van der Waals surface area contributed by atoms with E-state index in [1.54, 1.807) is 6.07 Å². The largest absolute Gasteiger partial charge is 0.486 e. The van der Waals surface area contributed by atoms with Gasteiger partial charge < -0.3 is 13.9 Å². The van der Waals surface area contributed by atoms with Gasteiger partial charge in [0.05, 0.1) is 0 Å². The van der Waals surface area contributed by atoms with E-state index in [-0.39, 0.29) is 5.63 Å². The molecule has 2 aliphatic heterocycles. The van der Waals surface area contributed by atoms with Gasteiger partial charge in [0.2, 0.25) is 0 Å². The van der Waals surface area contributed by atoms with Gasteiger partial charge in [-0.3, -0.25) is 4.90 Å². The Labute approximate surface area is 175 Å². The van der Waals surface area contributed by atoms with Crippen molar-refractivity contribution in [2.24, 2.45) is 0 Å². The molecule has 154 valence electrons. The highest BCUT2D eigenvalue weighted by Crippen LogP contribution is 2.39. The van der Waals surface area contributed by atoms with Crippen molar-refractivity contribution in [3.63, 3.8) is 0 Å². The maximum absolute atomic E-state index is 12.3. The highest BCUT2D eigenvalue weighted by Gasteiger charge is 2.28. The van der Waals surface area contributed by atoms with Crippen LogP contribution in [0.15, 0.2) is 45.6 Å². The first-order valence-electron chi connectivity index (χ1n) is 11.0. The van der Waals surface area contributed by atoms with Crippen LogP contribution in [0.4, 0.5) is 0 Å². The molecule has 0 spiro atoms. The third-order valence-electron chi connectivity index (χ3n) is 6.73. The van der Waals surface area contributed by atoms with Crippen LogP contribution in [0.3, 0.4) is 0 Å². The lowest BCUT2D eigenvalue weighted by Crippen LogP contribution is -2.24. The molecular weight excluding hydrogens is 378 g/mol. The Balaban J connectivity index is 1.34. The molecule has 3 heterocycles. The molecule has 0 radical (unpaired) electrons. The van der Waals surface area contributed by atoms with Gasteiger partial charge in [0.1, 0.15) is 18.8 Å². The predicted octanol–water partition coefficient (Wildman–Crippen LogP) is 4.39. The van der Waals surface area contributed by atoms with Gasteiger partial charge in [0.25, 0.3) is 0 Å². The number of ether oxygens (including phenoxy) is 2. The zero-order valence-corrected chi connectivity index (χ0v) is 17.0. The lowest BCUT2D eigenvalue weighted by Gasteiger charge is -2.27. The molecule has 0 bridgehead atoms. The van der Waals surface area contributed by atoms with Crippen molar-refractivity contribution in [3.8, 4) is 11.5 Å². The molecular formula is C25H25NO4. The summed E-state index contributed by atoms with van der Waals surface area (Å²) in [5.74, 6) is 1.67. The lowest BCUT2D eigenvalue weighted by molar-refractivity contribution is 0.170. The minimum absolute atomic E-state index is 0.259. The van der Waals surface area contributed by atoms with Gasteiger partial charge in [-0.05, 0) is 85.2 Å². The van der Waals surface area contributed by atoms with Crippen molar-refractivity contribution in [1.82, 2.24) is 4.90 Å². The second-order valence-electron chi connectivity index (χ2n) is 8.59. The topological polar surface area (TPSA) is 51.9 Å². The van der Waals surface area contributed by atoms with Crippen LogP contribution in [-0.4, -0.2) is 24.7 Å². The van der Waals surface area contributed by atoms with E-state index in [4.69, 9.17) is 13.9 Å². The summed E-state index contributed by atoms with van der Waals surface area (Å²) in [5.41, 5.74) is 5.53. The third kappa shape index (κ3) is 3.08. The van der Waals surface area contributed by atoms with Crippen LogP contribution in [-0.2, 0) is 19.4 Å². The van der Waals surface area contributed by atoms with Gasteiger partial charge in [-0.15, -0.1) is 0 Å². The molecule has 1 saturated heterocycles. The summed E-state index contributed by atoms with van der Waals surface area (Å²) in [6, 6.07) is 12.6. The van der Waals surface area contributed by atoms with E-state index in [9.17, 15) is 4.79 Å². The van der Waals surface area contributed by atoms with Crippen LogP contribution < -0.4 is 15.1 Å². The number of nitrogens with zero attached hydrogens (tertiary/aromatic N) is 1. The number of benzene rings is 2. The molecule has 1 atom stereocenters. The fourth-order valence-electron chi connectivity index (χ4n) is 5.30. The summed E-state index contributed by atoms with van der Waals surface area (Å²) in [5, 5.41) is 1.09. The summed E-state index contributed by atoms with van der Waals surface area (Å²) in [6.07, 6.45) is 5.64. The van der Waals surface area contributed by atoms with Crippen molar-refractivity contribution in [2.75, 3.05) is 19.8 Å². The van der Waals surface area contributed by atoms with Crippen LogP contribution >= 0.6 is 0 Å². The Morgan fingerprint density at radius 1 is 0.933 bits per heavy atom. The average Bonchev–Trinajstić information content (AvgIpc) is 3.41. The van der Waals surface area contributed by atoms with E-state index in [1.165, 1.54) is 23.1 Å². The van der Waals surface area contributed by atoms with Crippen LogP contribution in [0.1, 0.15) is 47.6 Å². The number of hydrogen-bond acceptors (Lipinski definition) is 5. The van der Waals surface area contributed by atoms with Crippen molar-refractivity contribution < 1.29 is 13.9 Å². The van der Waals surface area contributed by atoms with Crippen molar-refractivity contribution in [1.29, 1.82) is 0 Å². The first kappa shape index (κ1) is 18.0.